The molecule has 48 heavy (non-hydrogen) atoms. The Labute approximate surface area is 288 Å². The van der Waals surface area contributed by atoms with Gasteiger partial charge in [-0.1, -0.05) is 83.9 Å². The summed E-state index contributed by atoms with van der Waals surface area (Å²) in [4.78, 5) is 38.1. The van der Waals surface area contributed by atoms with Gasteiger partial charge in [0.1, 0.15) is 6.61 Å². The van der Waals surface area contributed by atoms with E-state index < -0.39 is 0 Å². The fourth-order valence-corrected chi connectivity index (χ4v) is 8.33. The second-order valence-electron chi connectivity index (χ2n) is 14.2. The van der Waals surface area contributed by atoms with Crippen LogP contribution in [0.3, 0.4) is 0 Å². The average molecular weight is 663 g/mol. The summed E-state index contributed by atoms with van der Waals surface area (Å²) in [5.74, 6) is 0.889. The molecule has 0 bridgehead atoms. The minimum absolute atomic E-state index is 0.000000000000000444. The first-order valence-corrected chi connectivity index (χ1v) is 17.7. The van der Waals surface area contributed by atoms with Crippen molar-refractivity contribution in [3.8, 4) is 0 Å². The zero-order valence-electron chi connectivity index (χ0n) is 30.6. The van der Waals surface area contributed by atoms with Gasteiger partial charge in [0.2, 0.25) is 0 Å². The number of rotatable bonds is 14. The van der Waals surface area contributed by atoms with Gasteiger partial charge in [-0.3, -0.25) is 14.4 Å². The molecule has 0 saturated heterocycles. The van der Waals surface area contributed by atoms with Gasteiger partial charge in [-0.2, -0.15) is 10.2 Å². The van der Waals surface area contributed by atoms with Crippen molar-refractivity contribution in [2.24, 2.45) is 44.7 Å². The molecule has 264 valence electrons. The Balaban J connectivity index is 0.000000694. The normalized spacial score (nSPS) is 27.0. The smallest absolute Gasteiger partial charge is 0.306 e. The molecule has 0 aromatic heterocycles. The number of azo groups is 1. The number of carbonyl (C=O) groups is 3. The Bertz CT molecular complexity index is 1380. The van der Waals surface area contributed by atoms with Gasteiger partial charge < -0.3 is 14.2 Å². The van der Waals surface area contributed by atoms with Gasteiger partial charge in [0.15, 0.2) is 17.9 Å². The Hall–Kier alpha value is -3.23. The standard InChI is InChI=1S/C34H44N2O4.C6H14O2/c1-7-28-27-14-13-25-20-26(37)16-18-34(25,6)29(27)17-19-33(28,5)23(4)31(38)21-40-32(39)15-12-24-10-8-9-11-30(24)36-35-22(2)3;1-4-5-6(7-2)8-3/h8-11,16,18,20,23,27-29H,2,7,12-15,17,19,21H2,1,3-6H3;6H,4-5H2,1-3H3. The number of hydrogen-bond acceptors (Lipinski definition) is 8. The van der Waals surface area contributed by atoms with Crippen LogP contribution >= 0.6 is 0 Å². The van der Waals surface area contributed by atoms with E-state index in [0.29, 0.717) is 35.6 Å². The predicted molar refractivity (Wildman–Crippen MR) is 190 cm³/mol. The Kier molecular flexibility index (Phi) is 14.7. The van der Waals surface area contributed by atoms with Crippen molar-refractivity contribution in [2.75, 3.05) is 20.8 Å². The van der Waals surface area contributed by atoms with Gasteiger partial charge in [-0.15, -0.1) is 0 Å². The summed E-state index contributed by atoms with van der Waals surface area (Å²) >= 11 is 0. The summed E-state index contributed by atoms with van der Waals surface area (Å²) in [6.45, 7) is 16.3. The summed E-state index contributed by atoms with van der Waals surface area (Å²) < 4.78 is 15.3. The van der Waals surface area contributed by atoms with Gasteiger partial charge in [0.25, 0.3) is 0 Å². The molecule has 0 spiro atoms. The molecule has 2 fully saturated rings. The zero-order chi connectivity index (χ0) is 35.5. The fraction of sp³-hybridized carbons (Fsp3) is 0.625. The second kappa shape index (κ2) is 18.0. The molecule has 1 aromatic carbocycles. The largest absolute Gasteiger partial charge is 0.458 e. The maximum Gasteiger partial charge on any atom is 0.306 e. The molecule has 4 rings (SSSR count). The third kappa shape index (κ3) is 9.47. The molecule has 0 amide bonds. The van der Waals surface area contributed by atoms with Crippen molar-refractivity contribution in [1.82, 2.24) is 0 Å². The highest BCUT2D eigenvalue weighted by Gasteiger charge is 2.55. The van der Waals surface area contributed by atoms with Crippen LogP contribution in [0.1, 0.15) is 98.5 Å². The number of hydrogen-bond donors (Lipinski definition) is 0. The van der Waals surface area contributed by atoms with E-state index in [9.17, 15) is 14.4 Å². The Morgan fingerprint density at radius 3 is 2.44 bits per heavy atom. The van der Waals surface area contributed by atoms with Crippen LogP contribution in [-0.2, 0) is 35.0 Å². The minimum Gasteiger partial charge on any atom is -0.458 e. The van der Waals surface area contributed by atoms with E-state index in [2.05, 4.69) is 50.6 Å². The first-order chi connectivity index (χ1) is 22.8. The van der Waals surface area contributed by atoms with E-state index in [1.54, 1.807) is 27.2 Å². The molecule has 8 nitrogen and oxygen atoms in total. The van der Waals surface area contributed by atoms with E-state index in [1.165, 1.54) is 5.57 Å². The van der Waals surface area contributed by atoms with Crippen LogP contribution in [0.25, 0.3) is 0 Å². The maximum absolute atomic E-state index is 13.4. The number of esters is 1. The predicted octanol–water partition coefficient (Wildman–Crippen LogP) is 9.31. The third-order valence-electron chi connectivity index (χ3n) is 11.3. The van der Waals surface area contributed by atoms with Crippen LogP contribution in [-0.4, -0.2) is 44.7 Å². The number of carbonyl (C=O) groups excluding carboxylic acids is 3. The number of ether oxygens (including phenoxy) is 3. The second-order valence-corrected chi connectivity index (χ2v) is 14.2. The molecule has 3 aliphatic rings. The number of Topliss-reactive ketones (excluding diaryl/α,β-unsaturated/α-hetero) is 1. The third-order valence-corrected chi connectivity index (χ3v) is 11.3. The van der Waals surface area contributed by atoms with Crippen molar-refractivity contribution in [3.05, 3.63) is 65.9 Å². The van der Waals surface area contributed by atoms with Crippen molar-refractivity contribution < 1.29 is 28.6 Å². The lowest BCUT2D eigenvalue weighted by molar-refractivity contribution is -0.152. The molecule has 2 saturated carbocycles. The first kappa shape index (κ1) is 39.2. The maximum atomic E-state index is 13.4. The number of methoxy groups -OCH3 is 2. The summed E-state index contributed by atoms with van der Waals surface area (Å²) in [5, 5.41) is 8.24. The molecule has 0 N–H and O–H groups in total. The highest BCUT2D eigenvalue weighted by molar-refractivity contribution is 6.01. The van der Waals surface area contributed by atoms with E-state index >= 15 is 0 Å². The highest BCUT2D eigenvalue weighted by Crippen LogP contribution is 2.62. The lowest BCUT2D eigenvalue weighted by Crippen LogP contribution is -2.53. The van der Waals surface area contributed by atoms with Gasteiger partial charge in [0, 0.05) is 32.0 Å². The molecule has 0 radical (unpaired) electrons. The van der Waals surface area contributed by atoms with Crippen molar-refractivity contribution >= 4 is 23.2 Å². The van der Waals surface area contributed by atoms with E-state index in [4.69, 9.17) is 14.2 Å². The van der Waals surface area contributed by atoms with Crippen molar-refractivity contribution in [1.29, 1.82) is 0 Å². The van der Waals surface area contributed by atoms with Gasteiger partial charge in [-0.25, -0.2) is 0 Å². The Morgan fingerprint density at radius 2 is 1.81 bits per heavy atom. The summed E-state index contributed by atoms with van der Waals surface area (Å²) in [6, 6.07) is 7.55. The molecule has 6 unspecified atom stereocenters. The van der Waals surface area contributed by atoms with Crippen molar-refractivity contribution in [3.63, 3.8) is 0 Å². The number of aryl methyl sites for hydroxylation is 1. The number of fused-ring (bicyclic) bond motifs is 3. The fourth-order valence-electron chi connectivity index (χ4n) is 8.33. The first-order valence-electron chi connectivity index (χ1n) is 17.7. The number of benzene rings is 1. The highest BCUT2D eigenvalue weighted by atomic mass is 16.7. The molecule has 6 atom stereocenters. The average Bonchev–Trinajstić information content (AvgIpc) is 3.08. The lowest BCUT2D eigenvalue weighted by Gasteiger charge is -2.59. The van der Waals surface area contributed by atoms with Crippen LogP contribution < -0.4 is 0 Å². The Morgan fingerprint density at radius 1 is 1.10 bits per heavy atom. The number of allylic oxidation sites excluding steroid dienone is 5. The lowest BCUT2D eigenvalue weighted by atomic mass is 9.45. The van der Waals surface area contributed by atoms with Gasteiger partial charge in [-0.05, 0) is 92.4 Å². The summed E-state index contributed by atoms with van der Waals surface area (Å²) in [6.07, 6.45) is 13.5. The number of ketones is 2. The van der Waals surface area contributed by atoms with Crippen LogP contribution in [0.5, 0.6) is 0 Å². The molecular formula is C40H58N2O6. The summed E-state index contributed by atoms with van der Waals surface area (Å²) in [5.41, 5.74) is 3.26. The molecule has 8 heteroatoms. The minimum atomic E-state index is -0.383. The molecule has 1 aromatic rings. The molecule has 0 heterocycles. The van der Waals surface area contributed by atoms with Crippen LogP contribution in [0.4, 0.5) is 5.69 Å². The van der Waals surface area contributed by atoms with Gasteiger partial charge >= 0.3 is 5.97 Å². The topological polar surface area (TPSA) is 104 Å². The molecular weight excluding hydrogens is 604 g/mol. The van der Waals surface area contributed by atoms with E-state index in [0.717, 1.165) is 50.5 Å². The van der Waals surface area contributed by atoms with E-state index in [1.807, 2.05) is 37.3 Å². The van der Waals surface area contributed by atoms with E-state index in [-0.39, 0.29) is 53.6 Å². The summed E-state index contributed by atoms with van der Waals surface area (Å²) in [7, 11) is 3.31. The molecule has 0 aliphatic heterocycles. The van der Waals surface area contributed by atoms with Crippen LogP contribution in [0.2, 0.25) is 0 Å². The zero-order valence-corrected chi connectivity index (χ0v) is 30.6. The SMILES string of the molecule is C=C(C)N=Nc1ccccc1CCC(=O)OCC(=O)C(C)C1(C)CCC2C(CCC3=CC(=O)C=CC32C)C1CC.CCCC(OC)OC. The quantitative estimate of drug-likeness (QED) is 0.112. The van der Waals surface area contributed by atoms with Crippen LogP contribution in [0.15, 0.2) is 70.6 Å². The number of nitrogens with zero attached hydrogens (tertiary/aromatic N) is 2. The van der Waals surface area contributed by atoms with Gasteiger partial charge in [0.05, 0.1) is 11.4 Å². The molecule has 3 aliphatic carbocycles. The van der Waals surface area contributed by atoms with Crippen LogP contribution in [0, 0.1) is 34.5 Å². The van der Waals surface area contributed by atoms with Crippen molar-refractivity contribution in [2.45, 2.75) is 106 Å². The monoisotopic (exact) mass is 662 g/mol.